The van der Waals surface area contributed by atoms with Crippen molar-refractivity contribution in [1.82, 2.24) is 15.1 Å². The van der Waals surface area contributed by atoms with Crippen molar-refractivity contribution < 1.29 is 19.1 Å². The van der Waals surface area contributed by atoms with E-state index in [1.165, 1.54) is 4.90 Å². The van der Waals surface area contributed by atoms with Gasteiger partial charge < -0.3 is 14.8 Å². The van der Waals surface area contributed by atoms with Gasteiger partial charge in [-0.1, -0.05) is 18.2 Å². The number of cyclic esters (lactones) is 1. The van der Waals surface area contributed by atoms with E-state index in [2.05, 4.69) is 10.4 Å². The SMILES string of the molecule is COc1ccccc1CCC(=O)NCC1CN(c2ccnn2C)C(=O)O1. The summed E-state index contributed by atoms with van der Waals surface area (Å²) in [5.74, 6) is 1.35. The molecule has 26 heavy (non-hydrogen) atoms. The number of methoxy groups -OCH3 is 1. The summed E-state index contributed by atoms with van der Waals surface area (Å²) in [6, 6.07) is 9.37. The Balaban J connectivity index is 1.46. The molecular formula is C18H22N4O4. The molecule has 1 saturated heterocycles. The van der Waals surface area contributed by atoms with Crippen LogP contribution < -0.4 is 15.0 Å². The molecule has 1 aliphatic heterocycles. The van der Waals surface area contributed by atoms with Crippen molar-refractivity contribution in [2.45, 2.75) is 18.9 Å². The van der Waals surface area contributed by atoms with Crippen molar-refractivity contribution in [3.05, 3.63) is 42.1 Å². The number of nitrogens with one attached hydrogen (secondary N) is 1. The average molecular weight is 358 g/mol. The molecular weight excluding hydrogens is 336 g/mol. The zero-order chi connectivity index (χ0) is 18.5. The first-order valence-corrected chi connectivity index (χ1v) is 8.43. The number of rotatable bonds is 7. The van der Waals surface area contributed by atoms with Crippen LogP contribution in [-0.2, 0) is 23.0 Å². The highest BCUT2D eigenvalue weighted by molar-refractivity contribution is 5.88. The maximum atomic E-state index is 12.1. The topological polar surface area (TPSA) is 85.7 Å². The summed E-state index contributed by atoms with van der Waals surface area (Å²) in [5.41, 5.74) is 0.986. The molecule has 1 unspecified atom stereocenters. The number of hydrogen-bond donors (Lipinski definition) is 1. The number of ether oxygens (including phenoxy) is 2. The number of amides is 2. The van der Waals surface area contributed by atoms with Gasteiger partial charge in [0.05, 0.1) is 26.4 Å². The van der Waals surface area contributed by atoms with Gasteiger partial charge in [0.25, 0.3) is 0 Å². The van der Waals surface area contributed by atoms with Crippen molar-refractivity contribution in [3.8, 4) is 5.75 Å². The lowest BCUT2D eigenvalue weighted by atomic mass is 10.1. The molecule has 1 fully saturated rings. The number of nitrogens with zero attached hydrogens (tertiary/aromatic N) is 3. The van der Waals surface area contributed by atoms with Crippen LogP contribution in [0.3, 0.4) is 0 Å². The van der Waals surface area contributed by atoms with E-state index < -0.39 is 6.09 Å². The molecule has 2 aromatic rings. The highest BCUT2D eigenvalue weighted by Crippen LogP contribution is 2.21. The Morgan fingerprint density at radius 3 is 2.92 bits per heavy atom. The van der Waals surface area contributed by atoms with Crippen molar-refractivity contribution in [1.29, 1.82) is 0 Å². The smallest absolute Gasteiger partial charge is 0.416 e. The number of carbonyl (C=O) groups excluding carboxylic acids is 2. The number of carbonyl (C=O) groups is 2. The molecule has 0 radical (unpaired) electrons. The van der Waals surface area contributed by atoms with Crippen LogP contribution in [0.15, 0.2) is 36.5 Å². The third kappa shape index (κ3) is 3.96. The minimum Gasteiger partial charge on any atom is -0.496 e. The quantitative estimate of drug-likeness (QED) is 0.811. The van der Waals surface area contributed by atoms with Crippen LogP contribution in [0.4, 0.5) is 10.6 Å². The van der Waals surface area contributed by atoms with E-state index in [0.717, 1.165) is 11.3 Å². The number of aryl methyl sites for hydroxylation is 2. The molecule has 138 valence electrons. The van der Waals surface area contributed by atoms with Crippen LogP contribution in [0.5, 0.6) is 5.75 Å². The average Bonchev–Trinajstić information content (AvgIpc) is 3.23. The van der Waals surface area contributed by atoms with Crippen molar-refractivity contribution >= 4 is 17.8 Å². The molecule has 3 rings (SSSR count). The first-order chi connectivity index (χ1) is 12.6. The molecule has 1 aromatic heterocycles. The van der Waals surface area contributed by atoms with Gasteiger partial charge in [0.1, 0.15) is 17.7 Å². The minimum absolute atomic E-state index is 0.0917. The predicted molar refractivity (Wildman–Crippen MR) is 95.1 cm³/mol. The van der Waals surface area contributed by atoms with Gasteiger partial charge in [-0.3, -0.25) is 14.4 Å². The molecule has 0 bridgehead atoms. The third-order valence-electron chi connectivity index (χ3n) is 4.29. The number of anilines is 1. The standard InChI is InChI=1S/C18H22N4O4/c1-21-17(9-10-20-21)22-12-14(26-18(22)24)11-19-16(23)8-7-13-5-3-4-6-15(13)25-2/h3-6,9-10,14H,7-8,11-12H2,1-2H3,(H,19,23). The summed E-state index contributed by atoms with van der Waals surface area (Å²) in [4.78, 5) is 25.6. The molecule has 0 spiro atoms. The summed E-state index contributed by atoms with van der Waals surface area (Å²) in [5, 5.41) is 6.88. The molecule has 2 amide bonds. The molecule has 8 heteroatoms. The van der Waals surface area contributed by atoms with Crippen molar-refractivity contribution in [2.75, 3.05) is 25.1 Å². The fourth-order valence-corrected chi connectivity index (χ4v) is 2.92. The van der Waals surface area contributed by atoms with Gasteiger partial charge in [-0.25, -0.2) is 4.79 Å². The Kier molecular flexibility index (Phi) is 5.40. The van der Waals surface area contributed by atoms with E-state index in [4.69, 9.17) is 9.47 Å². The minimum atomic E-state index is -0.429. The van der Waals surface area contributed by atoms with Gasteiger partial charge in [0, 0.05) is 19.5 Å². The molecule has 8 nitrogen and oxygen atoms in total. The van der Waals surface area contributed by atoms with Crippen LogP contribution in [0, 0.1) is 0 Å². The lowest BCUT2D eigenvalue weighted by Gasteiger charge is -2.13. The van der Waals surface area contributed by atoms with E-state index in [0.29, 0.717) is 25.2 Å². The summed E-state index contributed by atoms with van der Waals surface area (Å²) in [6.07, 6.45) is 1.73. The molecule has 0 saturated carbocycles. The van der Waals surface area contributed by atoms with Crippen LogP contribution in [-0.4, -0.2) is 48.1 Å². The summed E-state index contributed by atoms with van der Waals surface area (Å²) in [6.45, 7) is 0.663. The Hall–Kier alpha value is -3.03. The third-order valence-corrected chi connectivity index (χ3v) is 4.29. The van der Waals surface area contributed by atoms with Crippen LogP contribution >= 0.6 is 0 Å². The molecule has 2 heterocycles. The number of aromatic nitrogens is 2. The second-order valence-corrected chi connectivity index (χ2v) is 6.05. The lowest BCUT2D eigenvalue weighted by molar-refractivity contribution is -0.121. The largest absolute Gasteiger partial charge is 0.496 e. The highest BCUT2D eigenvalue weighted by atomic mass is 16.6. The Bertz CT molecular complexity index is 789. The van der Waals surface area contributed by atoms with Crippen molar-refractivity contribution in [2.24, 2.45) is 7.05 Å². The highest BCUT2D eigenvalue weighted by Gasteiger charge is 2.33. The second kappa shape index (κ2) is 7.90. The van der Waals surface area contributed by atoms with Gasteiger partial charge in [0.15, 0.2) is 0 Å². The number of para-hydroxylation sites is 1. The fraction of sp³-hybridized carbons (Fsp3) is 0.389. The molecule has 1 aromatic carbocycles. The van der Waals surface area contributed by atoms with Gasteiger partial charge in [-0.2, -0.15) is 5.10 Å². The second-order valence-electron chi connectivity index (χ2n) is 6.05. The van der Waals surface area contributed by atoms with Crippen molar-refractivity contribution in [3.63, 3.8) is 0 Å². The summed E-state index contributed by atoms with van der Waals surface area (Å²) < 4.78 is 12.2. The normalized spacial score (nSPS) is 16.5. The van der Waals surface area contributed by atoms with E-state index in [-0.39, 0.29) is 18.6 Å². The van der Waals surface area contributed by atoms with E-state index in [1.54, 1.807) is 31.1 Å². The molecule has 1 N–H and O–H groups in total. The van der Waals surface area contributed by atoms with Crippen LogP contribution in [0.25, 0.3) is 0 Å². The molecule has 1 aliphatic rings. The number of hydrogen-bond acceptors (Lipinski definition) is 5. The first-order valence-electron chi connectivity index (χ1n) is 8.43. The lowest BCUT2D eigenvalue weighted by Crippen LogP contribution is -2.35. The van der Waals surface area contributed by atoms with Gasteiger partial charge in [0.2, 0.25) is 5.91 Å². The van der Waals surface area contributed by atoms with E-state index >= 15 is 0 Å². The maximum absolute atomic E-state index is 12.1. The zero-order valence-corrected chi connectivity index (χ0v) is 14.8. The van der Waals surface area contributed by atoms with Crippen LogP contribution in [0.1, 0.15) is 12.0 Å². The van der Waals surface area contributed by atoms with E-state index in [9.17, 15) is 9.59 Å². The zero-order valence-electron chi connectivity index (χ0n) is 14.8. The van der Waals surface area contributed by atoms with E-state index in [1.807, 2.05) is 24.3 Å². The molecule has 1 atom stereocenters. The first kappa shape index (κ1) is 17.8. The Morgan fingerprint density at radius 2 is 2.19 bits per heavy atom. The Morgan fingerprint density at radius 1 is 1.38 bits per heavy atom. The van der Waals surface area contributed by atoms with Gasteiger partial charge >= 0.3 is 6.09 Å². The monoisotopic (exact) mass is 358 g/mol. The maximum Gasteiger partial charge on any atom is 0.416 e. The van der Waals surface area contributed by atoms with Gasteiger partial charge in [-0.15, -0.1) is 0 Å². The molecule has 0 aliphatic carbocycles. The fourth-order valence-electron chi connectivity index (χ4n) is 2.92. The van der Waals surface area contributed by atoms with Crippen LogP contribution in [0.2, 0.25) is 0 Å². The van der Waals surface area contributed by atoms with Gasteiger partial charge in [-0.05, 0) is 18.1 Å². The Labute approximate surface area is 151 Å². The summed E-state index contributed by atoms with van der Waals surface area (Å²) in [7, 11) is 3.37. The number of benzene rings is 1. The predicted octanol–water partition coefficient (Wildman–Crippen LogP) is 1.50. The summed E-state index contributed by atoms with van der Waals surface area (Å²) >= 11 is 0.